The largest absolute Gasteiger partial charge is 0.491 e. The number of carboxylic acid groups (broad SMARTS) is 1. The van der Waals surface area contributed by atoms with Crippen LogP contribution in [0, 0.1) is 5.82 Å². The summed E-state index contributed by atoms with van der Waals surface area (Å²) in [6.07, 6.45) is -0.0880. The number of amides is 1. The van der Waals surface area contributed by atoms with E-state index in [0.717, 1.165) is 11.8 Å². The van der Waals surface area contributed by atoms with Crippen molar-refractivity contribution >= 4 is 29.3 Å². The average Bonchev–Trinajstić information content (AvgIpc) is 2.57. The Hall–Kier alpha value is -2.54. The molecule has 5 nitrogen and oxygen atoms in total. The van der Waals surface area contributed by atoms with Crippen molar-refractivity contribution in [3.63, 3.8) is 0 Å². The van der Waals surface area contributed by atoms with E-state index in [9.17, 15) is 14.0 Å². The van der Waals surface area contributed by atoms with Gasteiger partial charge in [-0.15, -0.1) is 11.8 Å². The minimum atomic E-state index is -0.975. The van der Waals surface area contributed by atoms with Gasteiger partial charge in [0.15, 0.2) is 0 Å². The molecule has 2 rings (SSSR count). The van der Waals surface area contributed by atoms with E-state index in [1.54, 1.807) is 30.3 Å². The maximum atomic E-state index is 14.2. The first kappa shape index (κ1) is 19.8. The van der Waals surface area contributed by atoms with E-state index in [4.69, 9.17) is 9.84 Å². The summed E-state index contributed by atoms with van der Waals surface area (Å²) in [7, 11) is 0. The van der Waals surface area contributed by atoms with E-state index >= 15 is 0 Å². The minimum Gasteiger partial charge on any atom is -0.491 e. The van der Waals surface area contributed by atoms with Crippen LogP contribution < -0.4 is 10.1 Å². The van der Waals surface area contributed by atoms with Crippen molar-refractivity contribution in [2.45, 2.75) is 37.0 Å². The molecule has 7 heteroatoms. The third kappa shape index (κ3) is 5.23. The van der Waals surface area contributed by atoms with E-state index < -0.39 is 22.9 Å². The van der Waals surface area contributed by atoms with Gasteiger partial charge in [-0.3, -0.25) is 9.59 Å². The Morgan fingerprint density at radius 2 is 1.85 bits per heavy atom. The zero-order chi connectivity index (χ0) is 19.3. The van der Waals surface area contributed by atoms with Gasteiger partial charge in [0.2, 0.25) is 0 Å². The summed E-state index contributed by atoms with van der Waals surface area (Å²) in [5.41, 5.74) is 0.310. The van der Waals surface area contributed by atoms with Gasteiger partial charge in [-0.1, -0.05) is 12.1 Å². The van der Waals surface area contributed by atoms with Crippen molar-refractivity contribution in [3.05, 3.63) is 53.8 Å². The normalized spacial score (nSPS) is 11.9. The van der Waals surface area contributed by atoms with Crippen LogP contribution in [0.15, 0.2) is 47.4 Å². The Balaban J connectivity index is 2.19. The number of nitrogens with one attached hydrogen (secondary N) is 1. The molecule has 0 aliphatic heterocycles. The topological polar surface area (TPSA) is 75.6 Å². The molecule has 0 saturated carbocycles. The molecule has 1 unspecified atom stereocenters. The fourth-order valence-corrected chi connectivity index (χ4v) is 3.06. The van der Waals surface area contributed by atoms with E-state index in [1.165, 1.54) is 19.1 Å². The molecule has 0 radical (unpaired) electrons. The predicted molar refractivity (Wildman–Crippen MR) is 99.5 cm³/mol. The Labute approximate surface area is 155 Å². The van der Waals surface area contributed by atoms with Crippen LogP contribution >= 0.6 is 11.8 Å². The van der Waals surface area contributed by atoms with Gasteiger partial charge in [-0.05, 0) is 45.0 Å². The lowest BCUT2D eigenvalue weighted by Crippen LogP contribution is -2.16. The summed E-state index contributed by atoms with van der Waals surface area (Å²) in [5.74, 6) is -1.72. The highest BCUT2D eigenvalue weighted by Crippen LogP contribution is 2.28. The fourth-order valence-electron chi connectivity index (χ4n) is 2.13. The molecule has 0 heterocycles. The van der Waals surface area contributed by atoms with E-state index in [-0.39, 0.29) is 17.4 Å². The van der Waals surface area contributed by atoms with Crippen molar-refractivity contribution in [2.24, 2.45) is 0 Å². The second kappa shape index (κ2) is 8.71. The summed E-state index contributed by atoms with van der Waals surface area (Å²) < 4.78 is 19.6. The number of ether oxygens (including phenoxy) is 1. The Morgan fingerprint density at radius 1 is 1.15 bits per heavy atom. The summed E-state index contributed by atoms with van der Waals surface area (Å²) in [5, 5.41) is 10.9. The lowest BCUT2D eigenvalue weighted by atomic mass is 10.2. The number of hydrogen-bond donors (Lipinski definition) is 2. The number of carboxylic acids is 1. The summed E-state index contributed by atoms with van der Waals surface area (Å²) >= 11 is 1.06. The van der Waals surface area contributed by atoms with Crippen molar-refractivity contribution in [2.75, 3.05) is 5.32 Å². The molecule has 0 spiro atoms. The van der Waals surface area contributed by atoms with Gasteiger partial charge in [-0.2, -0.15) is 0 Å². The third-order valence-corrected chi connectivity index (χ3v) is 4.51. The number of halogens is 1. The van der Waals surface area contributed by atoms with E-state index in [0.29, 0.717) is 10.6 Å². The standard InChI is InChI=1S/C19H20FNO4S/c1-11(2)25-13-8-9-16(15(20)10-13)21-18(22)14-6-4-5-7-17(14)26-12(3)19(23)24/h4-12H,1-3H3,(H,21,22)(H,23,24). The quantitative estimate of drug-likeness (QED) is 0.698. The molecule has 0 fully saturated rings. The summed E-state index contributed by atoms with van der Waals surface area (Å²) in [4.78, 5) is 24.1. The number of thioether (sulfide) groups is 1. The van der Waals surface area contributed by atoms with Gasteiger partial charge in [-0.25, -0.2) is 4.39 Å². The Bertz CT molecular complexity index is 810. The predicted octanol–water partition coefficient (Wildman–Crippen LogP) is 4.43. The molecule has 0 bridgehead atoms. The van der Waals surface area contributed by atoms with Gasteiger partial charge in [0.1, 0.15) is 16.8 Å². The molecule has 1 amide bonds. The average molecular weight is 377 g/mol. The fraction of sp³-hybridized carbons (Fsp3) is 0.263. The zero-order valence-corrected chi connectivity index (χ0v) is 15.5. The van der Waals surface area contributed by atoms with Crippen LogP contribution in [-0.4, -0.2) is 28.3 Å². The third-order valence-electron chi connectivity index (χ3n) is 3.34. The van der Waals surface area contributed by atoms with E-state index in [1.807, 2.05) is 13.8 Å². The van der Waals surface area contributed by atoms with Gasteiger partial charge in [0, 0.05) is 11.0 Å². The highest BCUT2D eigenvalue weighted by molar-refractivity contribution is 8.00. The summed E-state index contributed by atoms with van der Waals surface area (Å²) in [6, 6.07) is 10.8. The number of aliphatic carboxylic acids is 1. The van der Waals surface area contributed by atoms with Crippen molar-refractivity contribution in [3.8, 4) is 5.75 Å². The lowest BCUT2D eigenvalue weighted by molar-refractivity contribution is -0.136. The number of anilines is 1. The summed E-state index contributed by atoms with van der Waals surface area (Å²) in [6.45, 7) is 5.20. The first-order valence-electron chi connectivity index (χ1n) is 8.04. The van der Waals surface area contributed by atoms with Gasteiger partial charge >= 0.3 is 5.97 Å². The lowest BCUT2D eigenvalue weighted by Gasteiger charge is -2.13. The second-order valence-corrected chi connectivity index (χ2v) is 7.24. The monoisotopic (exact) mass is 377 g/mol. The van der Waals surface area contributed by atoms with Crippen molar-refractivity contribution in [1.29, 1.82) is 0 Å². The first-order valence-corrected chi connectivity index (χ1v) is 8.92. The second-order valence-electron chi connectivity index (χ2n) is 5.86. The van der Waals surface area contributed by atoms with Crippen LogP contribution in [-0.2, 0) is 4.79 Å². The first-order chi connectivity index (χ1) is 12.3. The SMILES string of the molecule is CC(C)Oc1ccc(NC(=O)c2ccccc2SC(C)C(=O)O)c(F)c1. The molecular weight excluding hydrogens is 357 g/mol. The van der Waals surface area contributed by atoms with Crippen LogP contribution in [0.5, 0.6) is 5.75 Å². The van der Waals surface area contributed by atoms with Crippen LogP contribution in [0.3, 0.4) is 0 Å². The molecule has 2 N–H and O–H groups in total. The Morgan fingerprint density at radius 3 is 2.46 bits per heavy atom. The molecule has 138 valence electrons. The molecular formula is C19H20FNO4S. The molecule has 26 heavy (non-hydrogen) atoms. The van der Waals surface area contributed by atoms with Gasteiger partial charge < -0.3 is 15.2 Å². The van der Waals surface area contributed by atoms with Crippen LogP contribution in [0.25, 0.3) is 0 Å². The Kier molecular flexibility index (Phi) is 6.63. The highest BCUT2D eigenvalue weighted by Gasteiger charge is 2.18. The van der Waals surface area contributed by atoms with Crippen molar-refractivity contribution < 1.29 is 23.8 Å². The van der Waals surface area contributed by atoms with Gasteiger partial charge in [0.25, 0.3) is 5.91 Å². The molecule has 0 aromatic heterocycles. The molecule has 2 aromatic rings. The number of carbonyl (C=O) groups is 2. The van der Waals surface area contributed by atoms with Gasteiger partial charge in [0.05, 0.1) is 17.4 Å². The smallest absolute Gasteiger partial charge is 0.316 e. The van der Waals surface area contributed by atoms with Crippen LogP contribution in [0.4, 0.5) is 10.1 Å². The number of rotatable bonds is 7. The molecule has 0 saturated heterocycles. The zero-order valence-electron chi connectivity index (χ0n) is 14.7. The number of carbonyl (C=O) groups excluding carboxylic acids is 1. The minimum absolute atomic E-state index is 0.0252. The van der Waals surface area contributed by atoms with E-state index in [2.05, 4.69) is 5.32 Å². The van der Waals surface area contributed by atoms with Crippen LogP contribution in [0.2, 0.25) is 0 Å². The molecule has 1 atom stereocenters. The maximum absolute atomic E-state index is 14.2. The highest BCUT2D eigenvalue weighted by atomic mass is 32.2. The number of benzene rings is 2. The number of hydrogen-bond acceptors (Lipinski definition) is 4. The van der Waals surface area contributed by atoms with Crippen molar-refractivity contribution in [1.82, 2.24) is 0 Å². The maximum Gasteiger partial charge on any atom is 0.316 e. The molecule has 2 aromatic carbocycles. The molecule has 0 aliphatic rings. The molecule has 0 aliphatic carbocycles. The van der Waals surface area contributed by atoms with Crippen LogP contribution in [0.1, 0.15) is 31.1 Å².